The van der Waals surface area contributed by atoms with Crippen LogP contribution >= 0.6 is 0 Å². The molecule has 2 N–H and O–H groups in total. The van der Waals surface area contributed by atoms with Gasteiger partial charge in [-0.2, -0.15) is 0 Å². The third-order valence-electron chi connectivity index (χ3n) is 12.1. The highest BCUT2D eigenvalue weighted by molar-refractivity contribution is 6.09. The van der Waals surface area contributed by atoms with Crippen LogP contribution in [0.25, 0.3) is 38.8 Å². The molecule has 0 aliphatic carbocycles. The zero-order chi connectivity index (χ0) is 42.0. The predicted molar refractivity (Wildman–Crippen MR) is 257 cm³/mol. The van der Waals surface area contributed by atoms with Gasteiger partial charge in [-0.15, -0.1) is 0 Å². The van der Waals surface area contributed by atoms with Gasteiger partial charge in [-0.3, -0.25) is 9.77 Å². The lowest BCUT2D eigenvalue weighted by molar-refractivity contribution is 0.301. The molecule has 10 rings (SSSR count). The van der Waals surface area contributed by atoms with Crippen molar-refractivity contribution in [2.45, 2.75) is 25.2 Å². The van der Waals surface area contributed by atoms with Gasteiger partial charge in [-0.25, -0.2) is 10.0 Å². The average molecular weight is 803 g/mol. The van der Waals surface area contributed by atoms with Crippen LogP contribution in [0.4, 0.5) is 22.7 Å². The van der Waals surface area contributed by atoms with Crippen molar-refractivity contribution in [2.75, 3.05) is 10.4 Å². The standard InChI is InChI=1S/C57H46N4O/c1-40(2)48-27-12-13-28-49(48)41-35-36-58-56(37-41)60-53-31-16-14-29-50(53)51-34-33-45(39-55(51)60)57(42-19-6-3-7-20-42,43-21-8-4-9-22-43)44-23-18-26-47(38-44)61(62)54-32-17-15-30-52(54)59-46-24-10-5-11-25-46/h3-40,59,62H,1-2H3. The number of nitrogens with one attached hydrogen (secondary N) is 1. The average Bonchev–Trinajstić information content (AvgIpc) is 3.67. The minimum Gasteiger partial charge on any atom is -0.354 e. The van der Waals surface area contributed by atoms with Gasteiger partial charge >= 0.3 is 0 Å². The lowest BCUT2D eigenvalue weighted by Gasteiger charge is -2.37. The first-order valence-electron chi connectivity index (χ1n) is 21.2. The van der Waals surface area contributed by atoms with E-state index >= 15 is 0 Å². The van der Waals surface area contributed by atoms with Gasteiger partial charge in [0.2, 0.25) is 0 Å². The molecular formula is C57H46N4O. The molecular weight excluding hydrogens is 757 g/mol. The van der Waals surface area contributed by atoms with Gasteiger partial charge in [-0.1, -0.05) is 172 Å². The second kappa shape index (κ2) is 16.4. The molecule has 0 unspecified atom stereocenters. The van der Waals surface area contributed by atoms with Crippen molar-refractivity contribution in [1.82, 2.24) is 9.55 Å². The first-order chi connectivity index (χ1) is 30.5. The van der Waals surface area contributed by atoms with Crippen LogP contribution in [0.3, 0.4) is 0 Å². The van der Waals surface area contributed by atoms with E-state index in [9.17, 15) is 5.21 Å². The van der Waals surface area contributed by atoms with Crippen LogP contribution in [0.15, 0.2) is 225 Å². The van der Waals surface area contributed by atoms with Crippen molar-refractivity contribution in [2.24, 2.45) is 0 Å². The monoisotopic (exact) mass is 802 g/mol. The van der Waals surface area contributed by atoms with Gasteiger partial charge in [0.1, 0.15) is 5.82 Å². The molecule has 62 heavy (non-hydrogen) atoms. The number of benzene rings is 8. The number of pyridine rings is 1. The molecule has 0 amide bonds. The molecule has 0 aliphatic heterocycles. The summed E-state index contributed by atoms with van der Waals surface area (Å²) in [6, 6.07) is 76.1. The molecule has 0 aliphatic rings. The second-order valence-corrected chi connectivity index (χ2v) is 16.1. The third-order valence-corrected chi connectivity index (χ3v) is 12.1. The zero-order valence-electron chi connectivity index (χ0n) is 34.7. The maximum Gasteiger partial charge on any atom is 0.138 e. The molecule has 2 heterocycles. The molecule has 0 fully saturated rings. The molecule has 0 saturated heterocycles. The molecule has 0 spiro atoms. The zero-order valence-corrected chi connectivity index (χ0v) is 34.7. The van der Waals surface area contributed by atoms with Crippen molar-refractivity contribution in [3.8, 4) is 16.9 Å². The molecule has 8 aromatic carbocycles. The summed E-state index contributed by atoms with van der Waals surface area (Å²) < 4.78 is 2.32. The summed E-state index contributed by atoms with van der Waals surface area (Å²) in [5.41, 5.74) is 12.3. The predicted octanol–water partition coefficient (Wildman–Crippen LogP) is 14.6. The Morgan fingerprint density at radius 3 is 1.90 bits per heavy atom. The lowest BCUT2D eigenvalue weighted by Crippen LogP contribution is -2.31. The van der Waals surface area contributed by atoms with Crippen LogP contribution in [0.1, 0.15) is 47.6 Å². The number of hydrogen-bond acceptors (Lipinski definition) is 4. The fraction of sp³-hybridized carbons (Fsp3) is 0.0702. The van der Waals surface area contributed by atoms with E-state index in [1.807, 2.05) is 72.9 Å². The molecule has 5 nitrogen and oxygen atoms in total. The van der Waals surface area contributed by atoms with E-state index in [0.29, 0.717) is 17.3 Å². The van der Waals surface area contributed by atoms with Crippen LogP contribution in [-0.4, -0.2) is 14.8 Å². The van der Waals surface area contributed by atoms with Crippen molar-refractivity contribution in [3.05, 3.63) is 252 Å². The normalized spacial score (nSPS) is 11.6. The Kier molecular flexibility index (Phi) is 10.2. The first-order valence-corrected chi connectivity index (χ1v) is 21.2. The number of rotatable bonds is 11. The van der Waals surface area contributed by atoms with Gasteiger partial charge in [0.05, 0.1) is 33.5 Å². The Hall–Kier alpha value is -7.73. The van der Waals surface area contributed by atoms with Crippen molar-refractivity contribution in [1.29, 1.82) is 0 Å². The number of hydrogen-bond donors (Lipinski definition) is 2. The fourth-order valence-electron chi connectivity index (χ4n) is 9.25. The number of nitrogens with zero attached hydrogens (tertiary/aromatic N) is 3. The minimum absolute atomic E-state index is 0.375. The highest BCUT2D eigenvalue weighted by atomic mass is 16.5. The minimum atomic E-state index is -0.803. The van der Waals surface area contributed by atoms with Gasteiger partial charge in [0, 0.05) is 22.7 Å². The first kappa shape index (κ1) is 38.5. The van der Waals surface area contributed by atoms with Crippen LogP contribution in [0.5, 0.6) is 0 Å². The largest absolute Gasteiger partial charge is 0.354 e. The summed E-state index contributed by atoms with van der Waals surface area (Å²) in [6.45, 7) is 4.49. The van der Waals surface area contributed by atoms with Gasteiger partial charge in [-0.05, 0) is 106 Å². The molecule has 0 bridgehead atoms. The van der Waals surface area contributed by atoms with Gasteiger partial charge in [0.15, 0.2) is 0 Å². The molecule has 10 aromatic rings. The van der Waals surface area contributed by atoms with E-state index in [-0.39, 0.29) is 0 Å². The quantitative estimate of drug-likeness (QED) is 0.101. The Morgan fingerprint density at radius 2 is 1.15 bits per heavy atom. The van der Waals surface area contributed by atoms with Crippen LogP contribution < -0.4 is 10.4 Å². The summed E-state index contributed by atoms with van der Waals surface area (Å²) in [5.74, 6) is 1.23. The van der Waals surface area contributed by atoms with E-state index < -0.39 is 5.41 Å². The maximum absolute atomic E-state index is 12.2. The van der Waals surface area contributed by atoms with Gasteiger partial charge < -0.3 is 5.32 Å². The molecule has 0 atom stereocenters. The lowest BCUT2D eigenvalue weighted by atomic mass is 9.65. The van der Waals surface area contributed by atoms with E-state index in [4.69, 9.17) is 4.98 Å². The number of fused-ring (bicyclic) bond motifs is 3. The van der Waals surface area contributed by atoms with Crippen molar-refractivity contribution < 1.29 is 5.21 Å². The van der Waals surface area contributed by atoms with Crippen molar-refractivity contribution >= 4 is 44.6 Å². The van der Waals surface area contributed by atoms with Crippen LogP contribution in [0.2, 0.25) is 0 Å². The SMILES string of the molecule is CC(C)c1ccccc1-c1ccnc(-n2c3ccccc3c3ccc(C(c4ccccc4)(c4ccccc4)c4cccc(N(O)c5ccccc5Nc5ccccc5)c4)cc32)c1. The Balaban J connectivity index is 1.20. The molecule has 2 aromatic heterocycles. The summed E-state index contributed by atoms with van der Waals surface area (Å²) >= 11 is 0. The highest BCUT2D eigenvalue weighted by Crippen LogP contribution is 2.48. The number of para-hydroxylation sites is 4. The maximum atomic E-state index is 12.2. The highest BCUT2D eigenvalue weighted by Gasteiger charge is 2.39. The van der Waals surface area contributed by atoms with E-state index in [1.165, 1.54) is 16.2 Å². The third kappa shape index (κ3) is 6.79. The van der Waals surface area contributed by atoms with E-state index in [2.05, 4.69) is 175 Å². The summed E-state index contributed by atoms with van der Waals surface area (Å²) in [7, 11) is 0. The summed E-state index contributed by atoms with van der Waals surface area (Å²) in [6.07, 6.45) is 1.93. The van der Waals surface area contributed by atoms with Gasteiger partial charge in [0.25, 0.3) is 0 Å². The number of aromatic nitrogens is 2. The molecule has 5 heteroatoms. The Bertz CT molecular complexity index is 3120. The number of anilines is 4. The Morgan fingerprint density at radius 1 is 0.532 bits per heavy atom. The summed E-state index contributed by atoms with van der Waals surface area (Å²) in [5, 5.41) is 19.3. The topological polar surface area (TPSA) is 53.3 Å². The molecule has 0 saturated carbocycles. The molecule has 300 valence electrons. The Labute approximate surface area is 362 Å². The van der Waals surface area contributed by atoms with Crippen LogP contribution in [0, 0.1) is 0 Å². The smallest absolute Gasteiger partial charge is 0.138 e. The van der Waals surface area contributed by atoms with Crippen LogP contribution in [-0.2, 0) is 5.41 Å². The fourth-order valence-corrected chi connectivity index (χ4v) is 9.25. The molecule has 0 radical (unpaired) electrons. The van der Waals surface area contributed by atoms with E-state index in [1.54, 1.807) is 0 Å². The van der Waals surface area contributed by atoms with E-state index in [0.717, 1.165) is 66.8 Å². The van der Waals surface area contributed by atoms with Crippen molar-refractivity contribution in [3.63, 3.8) is 0 Å². The second-order valence-electron chi connectivity index (χ2n) is 16.1. The summed E-state index contributed by atoms with van der Waals surface area (Å²) in [4.78, 5) is 5.07.